The summed E-state index contributed by atoms with van der Waals surface area (Å²) in [4.78, 5) is 10.8. The Morgan fingerprint density at radius 1 is 1.40 bits per heavy atom. The lowest BCUT2D eigenvalue weighted by Crippen LogP contribution is -2.26. The van der Waals surface area contributed by atoms with Crippen LogP contribution < -0.4 is 0 Å². The van der Waals surface area contributed by atoms with Crippen LogP contribution in [-0.4, -0.2) is 23.8 Å². The highest BCUT2D eigenvalue weighted by Gasteiger charge is 2.17. The number of ether oxygens (including phenoxy) is 1. The van der Waals surface area contributed by atoms with E-state index in [1.54, 1.807) is 6.92 Å². The van der Waals surface area contributed by atoms with Crippen LogP contribution in [0.1, 0.15) is 18.1 Å². The zero-order valence-electron chi connectivity index (χ0n) is 9.06. The molecular weight excluding hydrogens is 192 g/mol. The minimum Gasteiger partial charge on any atom is -0.479 e. The molecule has 0 aliphatic carbocycles. The fraction of sp³-hybridized carbons (Fsp3) is 0.417. The van der Waals surface area contributed by atoms with Gasteiger partial charge in [-0.15, -0.1) is 0 Å². The van der Waals surface area contributed by atoms with Crippen LogP contribution in [0.3, 0.4) is 0 Å². The molecule has 0 radical (unpaired) electrons. The van der Waals surface area contributed by atoms with Crippen molar-refractivity contribution in [1.29, 1.82) is 0 Å². The molecule has 82 valence electrons. The van der Waals surface area contributed by atoms with E-state index in [9.17, 15) is 4.79 Å². The van der Waals surface area contributed by atoms with E-state index < -0.39 is 12.1 Å². The van der Waals surface area contributed by atoms with Gasteiger partial charge in [-0.1, -0.05) is 29.8 Å². The van der Waals surface area contributed by atoms with Gasteiger partial charge in [-0.05, 0) is 19.4 Å². The Bertz CT molecular complexity index is 316. The number of carboxylic acid groups (broad SMARTS) is 1. The first-order chi connectivity index (χ1) is 7.13. The fourth-order valence-electron chi connectivity index (χ4n) is 1.36. The highest BCUT2D eigenvalue weighted by molar-refractivity contribution is 5.72. The molecule has 1 rings (SSSR count). The second-order valence-electron chi connectivity index (χ2n) is 3.47. The van der Waals surface area contributed by atoms with E-state index in [1.807, 2.05) is 31.2 Å². The standard InChI is InChI=1S/C12H16O3/c1-3-15-11(12(13)14)8-10-6-4-9(2)5-7-10/h4-7,11H,3,8H2,1-2H3,(H,13,14). The first kappa shape index (κ1) is 11.7. The van der Waals surface area contributed by atoms with Gasteiger partial charge in [-0.25, -0.2) is 4.79 Å². The van der Waals surface area contributed by atoms with Gasteiger partial charge in [0.1, 0.15) is 0 Å². The minimum atomic E-state index is -0.905. The molecule has 15 heavy (non-hydrogen) atoms. The molecule has 0 heterocycles. The molecule has 1 N–H and O–H groups in total. The van der Waals surface area contributed by atoms with Gasteiger partial charge in [0.2, 0.25) is 0 Å². The smallest absolute Gasteiger partial charge is 0.333 e. The molecule has 1 aromatic carbocycles. The van der Waals surface area contributed by atoms with Crippen LogP contribution in [0.15, 0.2) is 24.3 Å². The Kier molecular flexibility index (Phi) is 4.31. The summed E-state index contributed by atoms with van der Waals surface area (Å²) in [7, 11) is 0. The van der Waals surface area contributed by atoms with Crippen LogP contribution in [-0.2, 0) is 16.0 Å². The van der Waals surface area contributed by atoms with E-state index in [0.717, 1.165) is 5.56 Å². The van der Waals surface area contributed by atoms with Gasteiger partial charge in [-0.2, -0.15) is 0 Å². The maximum absolute atomic E-state index is 10.8. The van der Waals surface area contributed by atoms with Crippen molar-refractivity contribution in [3.63, 3.8) is 0 Å². The first-order valence-corrected chi connectivity index (χ1v) is 5.03. The summed E-state index contributed by atoms with van der Waals surface area (Å²) in [6.45, 7) is 4.22. The highest BCUT2D eigenvalue weighted by atomic mass is 16.5. The number of rotatable bonds is 5. The van der Waals surface area contributed by atoms with Crippen molar-refractivity contribution in [2.75, 3.05) is 6.61 Å². The number of aliphatic carboxylic acids is 1. The molecule has 1 aromatic rings. The van der Waals surface area contributed by atoms with Crippen molar-refractivity contribution in [2.45, 2.75) is 26.4 Å². The van der Waals surface area contributed by atoms with Gasteiger partial charge in [0, 0.05) is 13.0 Å². The Labute approximate surface area is 89.7 Å². The molecular formula is C12H16O3. The molecule has 0 saturated carbocycles. The van der Waals surface area contributed by atoms with E-state index in [2.05, 4.69) is 0 Å². The van der Waals surface area contributed by atoms with E-state index in [-0.39, 0.29) is 0 Å². The summed E-state index contributed by atoms with van der Waals surface area (Å²) in [5, 5.41) is 8.90. The lowest BCUT2D eigenvalue weighted by atomic mass is 10.1. The number of carboxylic acids is 1. The predicted octanol–water partition coefficient (Wildman–Crippen LogP) is 2.03. The number of hydrogen-bond acceptors (Lipinski definition) is 2. The summed E-state index contributed by atoms with van der Waals surface area (Å²) in [5.41, 5.74) is 2.16. The zero-order chi connectivity index (χ0) is 11.3. The first-order valence-electron chi connectivity index (χ1n) is 5.03. The van der Waals surface area contributed by atoms with Crippen molar-refractivity contribution < 1.29 is 14.6 Å². The van der Waals surface area contributed by atoms with E-state index >= 15 is 0 Å². The third kappa shape index (κ3) is 3.72. The number of carbonyl (C=O) groups is 1. The Balaban J connectivity index is 2.65. The highest BCUT2D eigenvalue weighted by Crippen LogP contribution is 2.08. The van der Waals surface area contributed by atoms with E-state index in [4.69, 9.17) is 9.84 Å². The van der Waals surface area contributed by atoms with Gasteiger partial charge in [0.05, 0.1) is 0 Å². The van der Waals surface area contributed by atoms with Gasteiger partial charge in [-0.3, -0.25) is 0 Å². The van der Waals surface area contributed by atoms with Crippen LogP contribution in [0.25, 0.3) is 0 Å². The molecule has 0 amide bonds. The van der Waals surface area contributed by atoms with Crippen molar-refractivity contribution in [1.82, 2.24) is 0 Å². The summed E-state index contributed by atoms with van der Waals surface area (Å²) >= 11 is 0. The molecule has 1 atom stereocenters. The van der Waals surface area contributed by atoms with Crippen LogP contribution in [0, 0.1) is 6.92 Å². The summed E-state index contributed by atoms with van der Waals surface area (Å²) in [6.07, 6.45) is -0.318. The van der Waals surface area contributed by atoms with Crippen LogP contribution >= 0.6 is 0 Å². The molecule has 0 spiro atoms. The average Bonchev–Trinajstić information content (AvgIpc) is 2.20. The average molecular weight is 208 g/mol. The zero-order valence-corrected chi connectivity index (χ0v) is 9.06. The number of benzene rings is 1. The fourth-order valence-corrected chi connectivity index (χ4v) is 1.36. The largest absolute Gasteiger partial charge is 0.479 e. The van der Waals surface area contributed by atoms with E-state index in [0.29, 0.717) is 13.0 Å². The number of aryl methyl sites for hydroxylation is 1. The van der Waals surface area contributed by atoms with Crippen molar-refractivity contribution in [3.8, 4) is 0 Å². The molecule has 0 bridgehead atoms. The molecule has 3 heteroatoms. The van der Waals surface area contributed by atoms with Crippen LogP contribution in [0.4, 0.5) is 0 Å². The monoisotopic (exact) mass is 208 g/mol. The Morgan fingerprint density at radius 3 is 2.47 bits per heavy atom. The summed E-state index contributed by atoms with van der Waals surface area (Å²) in [5.74, 6) is -0.905. The maximum Gasteiger partial charge on any atom is 0.333 e. The number of hydrogen-bond donors (Lipinski definition) is 1. The van der Waals surface area contributed by atoms with Crippen LogP contribution in [0.5, 0.6) is 0 Å². The molecule has 0 aliphatic heterocycles. The van der Waals surface area contributed by atoms with Crippen molar-refractivity contribution >= 4 is 5.97 Å². The quantitative estimate of drug-likeness (QED) is 0.805. The summed E-state index contributed by atoms with van der Waals surface area (Å²) < 4.78 is 5.14. The predicted molar refractivity (Wildman–Crippen MR) is 57.9 cm³/mol. The van der Waals surface area contributed by atoms with Gasteiger partial charge in [0.15, 0.2) is 6.10 Å². The lowest BCUT2D eigenvalue weighted by molar-refractivity contribution is -0.149. The molecule has 0 fully saturated rings. The SMILES string of the molecule is CCOC(Cc1ccc(C)cc1)C(=O)O. The van der Waals surface area contributed by atoms with E-state index in [1.165, 1.54) is 5.56 Å². The Morgan fingerprint density at radius 2 is 2.00 bits per heavy atom. The molecule has 0 aliphatic rings. The van der Waals surface area contributed by atoms with Crippen LogP contribution in [0.2, 0.25) is 0 Å². The molecule has 3 nitrogen and oxygen atoms in total. The second-order valence-corrected chi connectivity index (χ2v) is 3.47. The second kappa shape index (κ2) is 5.51. The van der Waals surface area contributed by atoms with Gasteiger partial charge >= 0.3 is 5.97 Å². The van der Waals surface area contributed by atoms with Gasteiger partial charge in [0.25, 0.3) is 0 Å². The summed E-state index contributed by atoms with van der Waals surface area (Å²) in [6, 6.07) is 7.81. The Hall–Kier alpha value is -1.35. The van der Waals surface area contributed by atoms with Gasteiger partial charge < -0.3 is 9.84 Å². The van der Waals surface area contributed by atoms with Crippen molar-refractivity contribution in [2.24, 2.45) is 0 Å². The third-order valence-corrected chi connectivity index (χ3v) is 2.18. The van der Waals surface area contributed by atoms with Crippen molar-refractivity contribution in [3.05, 3.63) is 35.4 Å². The molecule has 0 aromatic heterocycles. The minimum absolute atomic E-state index is 0.419. The topological polar surface area (TPSA) is 46.5 Å². The maximum atomic E-state index is 10.8. The normalized spacial score (nSPS) is 12.4. The lowest BCUT2D eigenvalue weighted by Gasteiger charge is -2.12. The molecule has 1 unspecified atom stereocenters. The molecule has 0 saturated heterocycles. The third-order valence-electron chi connectivity index (χ3n) is 2.18.